The third-order valence-corrected chi connectivity index (χ3v) is 3.46. The van der Waals surface area contributed by atoms with E-state index in [1.807, 2.05) is 19.2 Å². The van der Waals surface area contributed by atoms with E-state index >= 15 is 0 Å². The van der Waals surface area contributed by atoms with Crippen molar-refractivity contribution in [3.8, 4) is 0 Å². The molecule has 1 heterocycles. The number of carbonyl (C=O) groups excluding carboxylic acids is 1. The van der Waals surface area contributed by atoms with E-state index in [4.69, 9.17) is 4.74 Å². The van der Waals surface area contributed by atoms with Gasteiger partial charge in [-0.3, -0.25) is 4.79 Å². The molecule has 1 aromatic rings. The molecule has 3 N–H and O–H groups in total. The largest absolute Gasteiger partial charge is 0.389 e. The quantitative estimate of drug-likeness (QED) is 0.756. The number of hydrogen-bond donors (Lipinski definition) is 3. The average molecular weight is 264 g/mol. The van der Waals surface area contributed by atoms with Crippen LogP contribution in [0.3, 0.4) is 0 Å². The van der Waals surface area contributed by atoms with E-state index in [1.165, 1.54) is 0 Å². The van der Waals surface area contributed by atoms with Crippen molar-refractivity contribution in [1.29, 1.82) is 0 Å². The fraction of sp³-hybridized carbons (Fsp3) is 0.500. The van der Waals surface area contributed by atoms with Gasteiger partial charge in [-0.25, -0.2) is 0 Å². The van der Waals surface area contributed by atoms with Gasteiger partial charge in [0.1, 0.15) is 0 Å². The lowest BCUT2D eigenvalue weighted by atomic mass is 10.0. The Balaban J connectivity index is 2.11. The van der Waals surface area contributed by atoms with Gasteiger partial charge in [0, 0.05) is 17.3 Å². The molecule has 1 amide bonds. The van der Waals surface area contributed by atoms with E-state index in [1.54, 1.807) is 19.1 Å². The summed E-state index contributed by atoms with van der Waals surface area (Å²) in [6, 6.07) is 7.32. The zero-order valence-electron chi connectivity index (χ0n) is 11.2. The highest BCUT2D eigenvalue weighted by atomic mass is 16.5. The maximum atomic E-state index is 12.2. The van der Waals surface area contributed by atoms with Crippen LogP contribution in [-0.2, 0) is 9.53 Å². The minimum atomic E-state index is -0.614. The average Bonchev–Trinajstić information content (AvgIpc) is 2.87. The lowest BCUT2D eigenvalue weighted by molar-refractivity contribution is -0.120. The van der Waals surface area contributed by atoms with Gasteiger partial charge in [-0.2, -0.15) is 0 Å². The van der Waals surface area contributed by atoms with Crippen LogP contribution in [0.2, 0.25) is 0 Å². The molecule has 1 saturated heterocycles. The van der Waals surface area contributed by atoms with Crippen LogP contribution >= 0.6 is 0 Å². The Morgan fingerprint density at radius 1 is 1.42 bits per heavy atom. The number of para-hydroxylation sites is 1. The highest BCUT2D eigenvalue weighted by molar-refractivity contribution is 5.94. The number of aliphatic hydroxyl groups excluding tert-OH is 1. The van der Waals surface area contributed by atoms with Crippen molar-refractivity contribution < 1.29 is 14.6 Å². The Hall–Kier alpha value is -1.43. The van der Waals surface area contributed by atoms with Crippen molar-refractivity contribution in [3.05, 3.63) is 29.8 Å². The molecular formula is C14H20N2O3. The van der Waals surface area contributed by atoms with Gasteiger partial charge in [0.25, 0.3) is 0 Å². The molecule has 5 heteroatoms. The van der Waals surface area contributed by atoms with Crippen molar-refractivity contribution in [2.75, 3.05) is 25.6 Å². The Morgan fingerprint density at radius 2 is 2.16 bits per heavy atom. The molecular weight excluding hydrogens is 244 g/mol. The van der Waals surface area contributed by atoms with Crippen molar-refractivity contribution >= 4 is 11.6 Å². The SMILES string of the molecule is CNC1COCC1C(=O)Nc1ccccc1C(C)O. The molecule has 3 atom stereocenters. The zero-order valence-corrected chi connectivity index (χ0v) is 11.2. The maximum absolute atomic E-state index is 12.2. The second-order valence-electron chi connectivity index (χ2n) is 4.79. The third-order valence-electron chi connectivity index (χ3n) is 3.46. The normalized spacial score (nSPS) is 24.2. The molecule has 0 spiro atoms. The van der Waals surface area contributed by atoms with Crippen LogP contribution in [0.5, 0.6) is 0 Å². The topological polar surface area (TPSA) is 70.6 Å². The van der Waals surface area contributed by atoms with Gasteiger partial charge in [-0.15, -0.1) is 0 Å². The van der Waals surface area contributed by atoms with Crippen LogP contribution in [0.1, 0.15) is 18.6 Å². The first-order chi connectivity index (χ1) is 9.13. The Kier molecular flexibility index (Phi) is 4.52. The van der Waals surface area contributed by atoms with Gasteiger partial charge in [-0.1, -0.05) is 18.2 Å². The van der Waals surface area contributed by atoms with Gasteiger partial charge >= 0.3 is 0 Å². The van der Waals surface area contributed by atoms with Crippen molar-refractivity contribution in [3.63, 3.8) is 0 Å². The zero-order chi connectivity index (χ0) is 13.8. The summed E-state index contributed by atoms with van der Waals surface area (Å²) < 4.78 is 5.32. The van der Waals surface area contributed by atoms with Crippen molar-refractivity contribution in [2.24, 2.45) is 5.92 Å². The summed E-state index contributed by atoms with van der Waals surface area (Å²) in [4.78, 5) is 12.2. The van der Waals surface area contributed by atoms with Gasteiger partial charge in [-0.05, 0) is 20.0 Å². The number of likely N-dealkylation sites (N-methyl/N-ethyl adjacent to an activating group) is 1. The summed E-state index contributed by atoms with van der Waals surface area (Å²) in [6.07, 6.45) is -0.614. The summed E-state index contributed by atoms with van der Waals surface area (Å²) in [7, 11) is 1.82. The number of rotatable bonds is 4. The number of nitrogens with one attached hydrogen (secondary N) is 2. The Bertz CT molecular complexity index is 448. The molecule has 0 aromatic heterocycles. The molecule has 0 radical (unpaired) electrons. The summed E-state index contributed by atoms with van der Waals surface area (Å²) in [5.74, 6) is -0.281. The molecule has 19 heavy (non-hydrogen) atoms. The summed E-state index contributed by atoms with van der Waals surface area (Å²) in [5, 5.41) is 15.7. The monoisotopic (exact) mass is 264 g/mol. The summed E-state index contributed by atoms with van der Waals surface area (Å²) in [6.45, 7) is 2.65. The van der Waals surface area contributed by atoms with Gasteiger partial charge < -0.3 is 20.5 Å². The first-order valence-corrected chi connectivity index (χ1v) is 6.46. The lowest BCUT2D eigenvalue weighted by Crippen LogP contribution is -2.39. The minimum Gasteiger partial charge on any atom is -0.389 e. The lowest BCUT2D eigenvalue weighted by Gasteiger charge is -2.18. The van der Waals surface area contributed by atoms with Crippen LogP contribution in [0.15, 0.2) is 24.3 Å². The van der Waals surface area contributed by atoms with Crippen LogP contribution in [0.4, 0.5) is 5.69 Å². The first-order valence-electron chi connectivity index (χ1n) is 6.46. The molecule has 0 bridgehead atoms. The predicted octanol–water partition coefficient (Wildman–Crippen LogP) is 0.913. The Labute approximate surface area is 113 Å². The molecule has 3 unspecified atom stereocenters. The van der Waals surface area contributed by atoms with E-state index in [2.05, 4.69) is 10.6 Å². The molecule has 1 aliphatic rings. The van der Waals surface area contributed by atoms with Crippen LogP contribution in [0, 0.1) is 5.92 Å². The fourth-order valence-electron chi connectivity index (χ4n) is 2.30. The molecule has 1 aromatic carbocycles. The fourth-order valence-corrected chi connectivity index (χ4v) is 2.30. The smallest absolute Gasteiger partial charge is 0.231 e. The van der Waals surface area contributed by atoms with E-state index in [9.17, 15) is 9.90 Å². The van der Waals surface area contributed by atoms with Crippen LogP contribution < -0.4 is 10.6 Å². The summed E-state index contributed by atoms with van der Waals surface area (Å²) in [5.41, 5.74) is 1.38. The number of hydrogen-bond acceptors (Lipinski definition) is 4. The molecule has 0 saturated carbocycles. The molecule has 1 fully saturated rings. The molecule has 2 rings (SSSR count). The second-order valence-corrected chi connectivity index (χ2v) is 4.79. The first kappa shape index (κ1) is 14.0. The third kappa shape index (κ3) is 3.12. The molecule has 104 valence electrons. The van der Waals surface area contributed by atoms with E-state index < -0.39 is 6.10 Å². The number of benzene rings is 1. The number of ether oxygens (including phenoxy) is 1. The summed E-state index contributed by atoms with van der Waals surface area (Å²) >= 11 is 0. The minimum absolute atomic E-state index is 0.0405. The standard InChI is InChI=1S/C14H20N2O3/c1-9(17)10-5-3-4-6-12(10)16-14(18)11-7-19-8-13(11)15-2/h3-6,9,11,13,15,17H,7-8H2,1-2H3,(H,16,18). The molecule has 1 aliphatic heterocycles. The van der Waals surface area contributed by atoms with E-state index in [0.717, 1.165) is 5.56 Å². The number of carbonyl (C=O) groups is 1. The number of aliphatic hydroxyl groups is 1. The number of amides is 1. The van der Waals surface area contributed by atoms with Crippen molar-refractivity contribution in [2.45, 2.75) is 19.1 Å². The van der Waals surface area contributed by atoms with E-state index in [0.29, 0.717) is 18.9 Å². The van der Waals surface area contributed by atoms with Crippen molar-refractivity contribution in [1.82, 2.24) is 5.32 Å². The van der Waals surface area contributed by atoms with Gasteiger partial charge in [0.15, 0.2) is 0 Å². The van der Waals surface area contributed by atoms with Gasteiger partial charge in [0.05, 0.1) is 25.2 Å². The molecule has 5 nitrogen and oxygen atoms in total. The Morgan fingerprint density at radius 3 is 2.84 bits per heavy atom. The highest BCUT2D eigenvalue weighted by Crippen LogP contribution is 2.24. The van der Waals surface area contributed by atoms with Gasteiger partial charge in [0.2, 0.25) is 5.91 Å². The maximum Gasteiger partial charge on any atom is 0.231 e. The predicted molar refractivity (Wildman–Crippen MR) is 72.9 cm³/mol. The number of anilines is 1. The van der Waals surface area contributed by atoms with Crippen LogP contribution in [-0.4, -0.2) is 37.3 Å². The molecule has 0 aliphatic carbocycles. The van der Waals surface area contributed by atoms with Crippen LogP contribution in [0.25, 0.3) is 0 Å². The highest BCUT2D eigenvalue weighted by Gasteiger charge is 2.33. The second kappa shape index (κ2) is 6.14. The van der Waals surface area contributed by atoms with E-state index in [-0.39, 0.29) is 17.9 Å².